The van der Waals surface area contributed by atoms with Crippen LogP contribution in [0.5, 0.6) is 0 Å². The molecule has 0 aliphatic carbocycles. The third-order valence-corrected chi connectivity index (χ3v) is 0.692. The van der Waals surface area contributed by atoms with E-state index in [1.807, 2.05) is 0 Å². The molecule has 11 heavy (non-hydrogen) atoms. The molecule has 0 aromatic carbocycles. The van der Waals surface area contributed by atoms with Crippen LogP contribution in [0, 0.1) is 0 Å². The SMILES string of the molecule is Cl.[2H]c1nc(C([2H])([2H])C(=O)O)c([2H])c([2H])c1[2H]. The van der Waals surface area contributed by atoms with Crippen LogP contribution in [0.25, 0.3) is 0 Å². The summed E-state index contributed by atoms with van der Waals surface area (Å²) in [5, 5.41) is 8.60. The highest BCUT2D eigenvalue weighted by Crippen LogP contribution is 1.93. The van der Waals surface area contributed by atoms with Gasteiger partial charge < -0.3 is 5.11 Å². The Balaban J connectivity index is 0.00000256. The predicted molar refractivity (Wildman–Crippen MR) is 42.8 cm³/mol. The number of aromatic nitrogens is 1. The van der Waals surface area contributed by atoms with E-state index in [1.54, 1.807) is 0 Å². The maximum atomic E-state index is 10.6. The zero-order valence-corrected chi connectivity index (χ0v) is 6.03. The van der Waals surface area contributed by atoms with Gasteiger partial charge in [0.1, 0.15) is 0 Å². The second-order valence-electron chi connectivity index (χ2n) is 1.38. The van der Waals surface area contributed by atoms with Crippen LogP contribution in [0.15, 0.2) is 24.3 Å². The van der Waals surface area contributed by atoms with Crippen LogP contribution in [-0.4, -0.2) is 16.1 Å². The first-order valence-corrected chi connectivity index (χ1v) is 2.37. The second-order valence-corrected chi connectivity index (χ2v) is 1.38. The van der Waals surface area contributed by atoms with Crippen LogP contribution in [0.1, 0.15) is 13.9 Å². The summed E-state index contributed by atoms with van der Waals surface area (Å²) in [5.41, 5.74) is -0.828. The Labute approximate surface area is 78.9 Å². The Hall–Kier alpha value is -1.09. The number of hydrogen-bond donors (Lipinski definition) is 1. The van der Waals surface area contributed by atoms with Gasteiger partial charge >= 0.3 is 5.97 Å². The van der Waals surface area contributed by atoms with Gasteiger partial charge in [0, 0.05) is 8.91 Å². The number of carboxylic acid groups (broad SMARTS) is 1. The Morgan fingerprint density at radius 2 is 2.55 bits per heavy atom. The van der Waals surface area contributed by atoms with Crippen LogP contribution < -0.4 is 0 Å². The van der Waals surface area contributed by atoms with E-state index in [0.29, 0.717) is 0 Å². The number of halogens is 1. The summed E-state index contributed by atoms with van der Waals surface area (Å²) in [4.78, 5) is 13.9. The number of aliphatic carboxylic acids is 1. The zero-order valence-electron chi connectivity index (χ0n) is 11.2. The molecule has 0 atom stereocenters. The fourth-order valence-electron chi connectivity index (χ4n) is 0.391. The van der Waals surface area contributed by atoms with Gasteiger partial charge in [0.2, 0.25) is 0 Å². The van der Waals surface area contributed by atoms with E-state index >= 15 is 0 Å². The summed E-state index contributed by atoms with van der Waals surface area (Å²) >= 11 is 0. The lowest BCUT2D eigenvalue weighted by Gasteiger charge is -1.91. The monoisotopic (exact) mass is 179 g/mol. The van der Waals surface area contributed by atoms with Crippen molar-refractivity contribution in [2.75, 3.05) is 0 Å². The highest BCUT2D eigenvalue weighted by atomic mass is 35.5. The lowest BCUT2D eigenvalue weighted by molar-refractivity contribution is -0.136. The molecule has 1 N–H and O–H groups in total. The molecule has 0 saturated heterocycles. The van der Waals surface area contributed by atoms with Crippen molar-refractivity contribution >= 4 is 18.4 Å². The molecule has 0 spiro atoms. The average molecular weight is 180 g/mol. The summed E-state index contributed by atoms with van der Waals surface area (Å²) < 4.78 is 43.3. The van der Waals surface area contributed by atoms with Crippen LogP contribution in [0.3, 0.4) is 0 Å². The van der Waals surface area contributed by atoms with Gasteiger partial charge in [-0.3, -0.25) is 9.78 Å². The van der Waals surface area contributed by atoms with E-state index in [-0.39, 0.29) is 12.4 Å². The smallest absolute Gasteiger partial charge is 0.309 e. The van der Waals surface area contributed by atoms with Crippen molar-refractivity contribution in [2.24, 2.45) is 0 Å². The highest BCUT2D eigenvalue weighted by molar-refractivity contribution is 5.85. The molecule has 1 heterocycles. The van der Waals surface area contributed by atoms with Gasteiger partial charge in [-0.2, -0.15) is 0 Å². The van der Waals surface area contributed by atoms with Crippen molar-refractivity contribution < 1.29 is 18.1 Å². The van der Waals surface area contributed by atoms with Crippen LogP contribution in [0.2, 0.25) is 0 Å². The van der Waals surface area contributed by atoms with E-state index in [4.69, 9.17) is 13.3 Å². The first kappa shape index (κ1) is 3.54. The molecule has 0 aliphatic heterocycles. The minimum atomic E-state index is -2.95. The molecule has 0 radical (unpaired) electrons. The molecule has 0 fully saturated rings. The first-order chi connectivity index (χ1) is 7.19. The first-order valence-electron chi connectivity index (χ1n) is 5.37. The van der Waals surface area contributed by atoms with Gasteiger partial charge in [0.15, 0.2) is 0 Å². The molecule has 0 aliphatic rings. The van der Waals surface area contributed by atoms with Crippen LogP contribution in [0.4, 0.5) is 0 Å². The summed E-state index contributed by atoms with van der Waals surface area (Å²) in [6.07, 6.45) is -3.67. The second kappa shape index (κ2) is 4.68. The van der Waals surface area contributed by atoms with Gasteiger partial charge in [0.25, 0.3) is 0 Å². The number of carboxylic acids is 1. The fourth-order valence-corrected chi connectivity index (χ4v) is 0.391. The predicted octanol–water partition coefficient (Wildman–Crippen LogP) is 1.13. The Bertz CT molecular complexity index is 466. The molecule has 1 rings (SSSR count). The van der Waals surface area contributed by atoms with E-state index in [1.165, 1.54) is 0 Å². The third-order valence-electron chi connectivity index (χ3n) is 0.692. The van der Waals surface area contributed by atoms with Gasteiger partial charge in [-0.1, -0.05) is 6.04 Å². The summed E-state index contributed by atoms with van der Waals surface area (Å²) in [7, 11) is 0. The number of carbonyl (C=O) groups is 1. The molecule has 60 valence electrons. The lowest BCUT2D eigenvalue weighted by Crippen LogP contribution is -2.01. The van der Waals surface area contributed by atoms with Crippen molar-refractivity contribution in [3.63, 3.8) is 0 Å². The molecule has 3 nitrogen and oxygen atoms in total. The van der Waals surface area contributed by atoms with Crippen molar-refractivity contribution in [1.29, 1.82) is 0 Å². The van der Waals surface area contributed by atoms with Gasteiger partial charge in [-0.25, -0.2) is 0 Å². The van der Waals surface area contributed by atoms with Gasteiger partial charge in [0.05, 0.1) is 17.5 Å². The quantitative estimate of drug-likeness (QED) is 0.741. The normalized spacial score (nSPS) is 17.5. The topological polar surface area (TPSA) is 50.2 Å². The summed E-state index contributed by atoms with van der Waals surface area (Å²) in [5.74, 6) is -1.86. The van der Waals surface area contributed by atoms with Crippen molar-refractivity contribution in [3.05, 3.63) is 30.0 Å². The minimum Gasteiger partial charge on any atom is -0.481 e. The summed E-state index contributed by atoms with van der Waals surface area (Å²) in [6.45, 7) is 0. The van der Waals surface area contributed by atoms with E-state index in [0.717, 1.165) is 0 Å². The van der Waals surface area contributed by atoms with Crippen LogP contribution in [-0.2, 0) is 11.2 Å². The molecule has 4 heteroatoms. The van der Waals surface area contributed by atoms with Gasteiger partial charge in [-0.05, 0) is 12.1 Å². The lowest BCUT2D eigenvalue weighted by atomic mass is 10.3. The van der Waals surface area contributed by atoms with Crippen molar-refractivity contribution in [1.82, 2.24) is 4.98 Å². The van der Waals surface area contributed by atoms with Gasteiger partial charge in [-0.15, -0.1) is 12.4 Å². The van der Waals surface area contributed by atoms with E-state index in [2.05, 4.69) is 4.98 Å². The zero-order chi connectivity index (χ0) is 12.7. The molecule has 0 saturated carbocycles. The number of nitrogens with zero attached hydrogens (tertiary/aromatic N) is 1. The maximum Gasteiger partial charge on any atom is 0.309 e. The van der Waals surface area contributed by atoms with Crippen molar-refractivity contribution in [3.8, 4) is 0 Å². The molecule has 0 unspecified atom stereocenters. The summed E-state index contributed by atoms with van der Waals surface area (Å²) in [6, 6.07) is -2.12. The molecule has 1 aromatic heterocycles. The maximum absolute atomic E-state index is 10.6. The Morgan fingerprint density at radius 3 is 3.18 bits per heavy atom. The number of hydrogen-bond acceptors (Lipinski definition) is 2. The fraction of sp³-hybridized carbons (Fsp3) is 0.143. The van der Waals surface area contributed by atoms with E-state index < -0.39 is 42.3 Å². The Morgan fingerprint density at radius 1 is 1.82 bits per heavy atom. The third kappa shape index (κ3) is 3.57. The number of pyridine rings is 1. The van der Waals surface area contributed by atoms with E-state index in [9.17, 15) is 4.79 Å². The average Bonchev–Trinajstić information content (AvgIpc) is 2.19. The standard InChI is InChI=1S/C7H7NO2.ClH/c9-7(10)5-6-3-1-2-4-8-6;/h1-4H,5H2,(H,9,10);1H/i1D,2D,3D,4D,5D2;. The molecule has 1 aromatic rings. The Kier molecular flexibility index (Phi) is 1.51. The number of rotatable bonds is 2. The van der Waals surface area contributed by atoms with Crippen molar-refractivity contribution in [2.45, 2.75) is 6.37 Å². The molecule has 0 bridgehead atoms. The minimum absolute atomic E-state index is 0. The highest BCUT2D eigenvalue weighted by Gasteiger charge is 1.98. The van der Waals surface area contributed by atoms with Crippen LogP contribution >= 0.6 is 12.4 Å². The molecular weight excluding hydrogens is 166 g/mol. The molecular formula is C7H8ClNO2. The molecule has 0 amide bonds. The largest absolute Gasteiger partial charge is 0.481 e.